The van der Waals surface area contributed by atoms with E-state index in [9.17, 15) is 9.90 Å². The smallest absolute Gasteiger partial charge is 0.309 e. The van der Waals surface area contributed by atoms with Crippen LogP contribution in [-0.2, 0) is 9.53 Å². The van der Waals surface area contributed by atoms with Gasteiger partial charge in [0, 0.05) is 0 Å². The first-order valence-corrected chi connectivity index (χ1v) is 6.01. The zero-order chi connectivity index (χ0) is 13.1. The molecular formula is C13H22O4. The largest absolute Gasteiger partial charge is 0.462 e. The molecule has 0 saturated heterocycles. The molecule has 0 spiro atoms. The molecule has 0 aromatic carbocycles. The lowest BCUT2D eigenvalue weighted by molar-refractivity contribution is -0.159. The van der Waals surface area contributed by atoms with Gasteiger partial charge in [-0.1, -0.05) is 18.6 Å². The van der Waals surface area contributed by atoms with Gasteiger partial charge in [0.25, 0.3) is 0 Å². The molecule has 0 aliphatic heterocycles. The Kier molecular flexibility index (Phi) is 4.71. The van der Waals surface area contributed by atoms with Gasteiger partial charge in [0.2, 0.25) is 0 Å². The summed E-state index contributed by atoms with van der Waals surface area (Å²) in [6.07, 6.45) is 3.68. The summed E-state index contributed by atoms with van der Waals surface area (Å²) in [5.74, 6) is -0.144. The average molecular weight is 242 g/mol. The van der Waals surface area contributed by atoms with E-state index < -0.39 is 12.2 Å². The molecule has 1 rings (SSSR count). The summed E-state index contributed by atoms with van der Waals surface area (Å²) in [7, 11) is 0. The van der Waals surface area contributed by atoms with E-state index in [0.29, 0.717) is 6.42 Å². The molecule has 3 atom stereocenters. The number of aliphatic hydroxyl groups is 2. The maximum Gasteiger partial charge on any atom is 0.309 e. The topological polar surface area (TPSA) is 66.8 Å². The first-order valence-electron chi connectivity index (χ1n) is 6.01. The summed E-state index contributed by atoms with van der Waals surface area (Å²) >= 11 is 0. The van der Waals surface area contributed by atoms with Gasteiger partial charge in [-0.25, -0.2) is 0 Å². The second kappa shape index (κ2) is 5.65. The minimum atomic E-state index is -1.35. The van der Waals surface area contributed by atoms with Gasteiger partial charge in [0.1, 0.15) is 12.2 Å². The number of carbonyl (C=O) groups excluding carboxylic acids is 1. The molecule has 2 N–H and O–H groups in total. The van der Waals surface area contributed by atoms with Crippen LogP contribution in [0.15, 0.2) is 11.6 Å². The number of carbonyl (C=O) groups is 1. The maximum atomic E-state index is 11.8. The van der Waals surface area contributed by atoms with Crippen molar-refractivity contribution in [3.8, 4) is 0 Å². The number of aliphatic hydroxyl groups excluding tert-OH is 1. The van der Waals surface area contributed by atoms with Crippen molar-refractivity contribution in [2.24, 2.45) is 11.8 Å². The van der Waals surface area contributed by atoms with Crippen LogP contribution in [0.4, 0.5) is 0 Å². The van der Waals surface area contributed by atoms with Crippen LogP contribution in [0.3, 0.4) is 0 Å². The summed E-state index contributed by atoms with van der Waals surface area (Å²) in [6, 6.07) is 0. The Hall–Kier alpha value is -0.870. The van der Waals surface area contributed by atoms with Gasteiger partial charge in [-0.3, -0.25) is 4.79 Å². The summed E-state index contributed by atoms with van der Waals surface area (Å²) in [5, 5.41) is 18.4. The van der Waals surface area contributed by atoms with E-state index in [2.05, 4.69) is 13.0 Å². The molecule has 0 aromatic heterocycles. The standard InChI is InChI=1S/C13H22O4/c1-9-4-5-11(10(2)6-9)12(15)17-8-13(3,16)7-14/h4,10-11,14,16H,5-8H2,1-3H3/t10-,11-,13?/m1/s1. The molecule has 0 saturated carbocycles. The molecule has 98 valence electrons. The first-order chi connectivity index (χ1) is 7.85. The quantitative estimate of drug-likeness (QED) is 0.575. The third-order valence-corrected chi connectivity index (χ3v) is 3.22. The predicted octanol–water partition coefficient (Wildman–Crippen LogP) is 1.27. The van der Waals surface area contributed by atoms with Crippen molar-refractivity contribution in [1.29, 1.82) is 0 Å². The molecule has 4 heteroatoms. The Bertz CT molecular complexity index is 307. The van der Waals surface area contributed by atoms with Crippen LogP contribution in [0.1, 0.15) is 33.6 Å². The summed E-state index contributed by atoms with van der Waals surface area (Å²) in [4.78, 5) is 11.8. The van der Waals surface area contributed by atoms with Crippen molar-refractivity contribution in [2.45, 2.75) is 39.2 Å². The molecule has 0 radical (unpaired) electrons. The van der Waals surface area contributed by atoms with Crippen molar-refractivity contribution in [3.63, 3.8) is 0 Å². The second-order valence-electron chi connectivity index (χ2n) is 5.34. The van der Waals surface area contributed by atoms with Crippen LogP contribution in [0.2, 0.25) is 0 Å². The lowest BCUT2D eigenvalue weighted by atomic mass is 9.81. The number of ether oxygens (including phenoxy) is 1. The number of rotatable bonds is 4. The molecule has 1 unspecified atom stereocenters. The zero-order valence-electron chi connectivity index (χ0n) is 10.8. The fourth-order valence-corrected chi connectivity index (χ4v) is 2.00. The summed E-state index contributed by atoms with van der Waals surface area (Å²) < 4.78 is 5.06. The Labute approximate surface area is 102 Å². The monoisotopic (exact) mass is 242 g/mol. The van der Waals surface area contributed by atoms with Crippen molar-refractivity contribution >= 4 is 5.97 Å². The fourth-order valence-electron chi connectivity index (χ4n) is 2.00. The van der Waals surface area contributed by atoms with E-state index in [-0.39, 0.29) is 24.4 Å². The highest BCUT2D eigenvalue weighted by Gasteiger charge is 2.30. The van der Waals surface area contributed by atoms with Gasteiger partial charge in [-0.2, -0.15) is 0 Å². The fraction of sp³-hybridized carbons (Fsp3) is 0.769. The highest BCUT2D eigenvalue weighted by molar-refractivity contribution is 5.73. The van der Waals surface area contributed by atoms with E-state index in [4.69, 9.17) is 9.84 Å². The van der Waals surface area contributed by atoms with E-state index in [1.165, 1.54) is 12.5 Å². The van der Waals surface area contributed by atoms with Gasteiger partial charge < -0.3 is 14.9 Å². The summed E-state index contributed by atoms with van der Waals surface area (Å²) in [6.45, 7) is 4.96. The number of allylic oxidation sites excluding steroid dienone is 2. The van der Waals surface area contributed by atoms with Crippen molar-refractivity contribution in [2.75, 3.05) is 13.2 Å². The molecule has 0 aromatic rings. The van der Waals surface area contributed by atoms with Gasteiger partial charge in [0.05, 0.1) is 12.5 Å². The first kappa shape index (κ1) is 14.2. The van der Waals surface area contributed by atoms with Crippen molar-refractivity contribution in [1.82, 2.24) is 0 Å². The van der Waals surface area contributed by atoms with Crippen molar-refractivity contribution < 1.29 is 19.7 Å². The Balaban J connectivity index is 2.49. The van der Waals surface area contributed by atoms with Crippen LogP contribution < -0.4 is 0 Å². The molecule has 1 aliphatic rings. The molecular weight excluding hydrogens is 220 g/mol. The van der Waals surface area contributed by atoms with Gasteiger partial charge >= 0.3 is 5.97 Å². The Morgan fingerprint density at radius 2 is 2.29 bits per heavy atom. The number of hydrogen-bond donors (Lipinski definition) is 2. The van der Waals surface area contributed by atoms with Crippen LogP contribution in [0.5, 0.6) is 0 Å². The Morgan fingerprint density at radius 1 is 1.65 bits per heavy atom. The number of esters is 1. The normalized spacial score (nSPS) is 28.2. The third kappa shape index (κ3) is 4.13. The molecule has 1 aliphatic carbocycles. The third-order valence-electron chi connectivity index (χ3n) is 3.22. The van der Waals surface area contributed by atoms with Gasteiger partial charge in [-0.15, -0.1) is 0 Å². The second-order valence-corrected chi connectivity index (χ2v) is 5.34. The minimum absolute atomic E-state index is 0.131. The zero-order valence-corrected chi connectivity index (χ0v) is 10.8. The molecule has 0 bridgehead atoms. The van der Waals surface area contributed by atoms with Crippen LogP contribution in [0, 0.1) is 11.8 Å². The van der Waals surface area contributed by atoms with E-state index in [1.807, 2.05) is 6.92 Å². The SMILES string of the molecule is CC1=CC[C@@H](C(=O)OCC(C)(O)CO)[C@H](C)C1. The van der Waals surface area contributed by atoms with Gasteiger partial charge in [-0.05, 0) is 32.6 Å². The van der Waals surface area contributed by atoms with Crippen LogP contribution in [-0.4, -0.2) is 35.0 Å². The highest BCUT2D eigenvalue weighted by Crippen LogP contribution is 2.30. The lowest BCUT2D eigenvalue weighted by Crippen LogP contribution is -2.38. The molecule has 0 heterocycles. The highest BCUT2D eigenvalue weighted by atomic mass is 16.5. The van der Waals surface area contributed by atoms with E-state index in [0.717, 1.165) is 6.42 Å². The Morgan fingerprint density at radius 3 is 2.82 bits per heavy atom. The minimum Gasteiger partial charge on any atom is -0.462 e. The molecule has 17 heavy (non-hydrogen) atoms. The van der Waals surface area contributed by atoms with Crippen LogP contribution in [0.25, 0.3) is 0 Å². The predicted molar refractivity (Wildman–Crippen MR) is 64.3 cm³/mol. The van der Waals surface area contributed by atoms with Crippen LogP contribution >= 0.6 is 0 Å². The lowest BCUT2D eigenvalue weighted by Gasteiger charge is -2.27. The van der Waals surface area contributed by atoms with Crippen molar-refractivity contribution in [3.05, 3.63) is 11.6 Å². The van der Waals surface area contributed by atoms with E-state index >= 15 is 0 Å². The molecule has 4 nitrogen and oxygen atoms in total. The van der Waals surface area contributed by atoms with E-state index in [1.54, 1.807) is 0 Å². The maximum absolute atomic E-state index is 11.8. The number of hydrogen-bond acceptors (Lipinski definition) is 4. The molecule has 0 amide bonds. The molecule has 0 fully saturated rings. The van der Waals surface area contributed by atoms with Gasteiger partial charge in [0.15, 0.2) is 0 Å². The summed E-state index contributed by atoms with van der Waals surface area (Å²) in [5.41, 5.74) is -0.0387. The average Bonchev–Trinajstić information content (AvgIpc) is 2.26.